The first kappa shape index (κ1) is 15.3. The molecule has 0 fully saturated rings. The minimum atomic E-state index is -3.46. The lowest BCUT2D eigenvalue weighted by atomic mass is 9.88. The van der Waals surface area contributed by atoms with Gasteiger partial charge in [0.2, 0.25) is 0 Å². The lowest BCUT2D eigenvalue weighted by Crippen LogP contribution is -2.09. The number of benzene rings is 2. The van der Waals surface area contributed by atoms with E-state index in [0.29, 0.717) is 12.5 Å². The molecule has 0 amide bonds. The molecule has 0 spiro atoms. The van der Waals surface area contributed by atoms with Crippen molar-refractivity contribution in [3.8, 4) is 0 Å². The molecule has 0 aliphatic rings. The predicted molar refractivity (Wildman–Crippen MR) is 95.4 cm³/mol. The third kappa shape index (κ3) is 4.19. The van der Waals surface area contributed by atoms with E-state index in [1.165, 1.54) is 6.20 Å². The maximum Gasteiger partial charge on any atom is 0.264 e. The molecule has 24 heavy (non-hydrogen) atoms. The quantitative estimate of drug-likeness (QED) is 0.641. The standard InChI is InChI=1S/C19H19NO3S/c1-24(21,22)23-13-11-18(15-6-3-2-4-7-15)16-9-10-19-17(14-16)8-5-12-20-19/h2-10,12,14,18H,11,13H2,1H3/i5D. The Balaban J connectivity index is 1.95. The summed E-state index contributed by atoms with van der Waals surface area (Å²) in [6.45, 7) is 0.118. The van der Waals surface area contributed by atoms with Gasteiger partial charge in [-0.25, -0.2) is 0 Å². The first-order valence-corrected chi connectivity index (χ1v) is 9.50. The summed E-state index contributed by atoms with van der Waals surface area (Å²) in [6, 6.07) is 18.0. The van der Waals surface area contributed by atoms with Gasteiger partial charge < -0.3 is 0 Å². The number of rotatable bonds is 6. The van der Waals surface area contributed by atoms with Crippen molar-refractivity contribution in [1.29, 1.82) is 0 Å². The van der Waals surface area contributed by atoms with Crippen molar-refractivity contribution in [3.63, 3.8) is 0 Å². The zero-order valence-electron chi connectivity index (χ0n) is 14.3. The molecule has 0 bridgehead atoms. The van der Waals surface area contributed by atoms with Crippen molar-refractivity contribution in [2.75, 3.05) is 12.9 Å². The summed E-state index contributed by atoms with van der Waals surface area (Å²) in [5.41, 5.74) is 2.97. The molecule has 3 aromatic rings. The molecule has 0 radical (unpaired) electrons. The predicted octanol–water partition coefficient (Wildman–Crippen LogP) is 3.73. The highest BCUT2D eigenvalue weighted by Gasteiger charge is 2.16. The van der Waals surface area contributed by atoms with E-state index in [-0.39, 0.29) is 12.5 Å². The van der Waals surface area contributed by atoms with E-state index in [1.807, 2.05) is 48.5 Å². The van der Waals surface area contributed by atoms with Gasteiger partial charge in [0.25, 0.3) is 10.1 Å². The second-order valence-corrected chi connectivity index (χ2v) is 7.31. The van der Waals surface area contributed by atoms with Crippen LogP contribution in [0, 0.1) is 0 Å². The molecule has 0 saturated heterocycles. The smallest absolute Gasteiger partial charge is 0.264 e. The molecule has 0 N–H and O–H groups in total. The molecule has 3 rings (SSSR count). The third-order valence-corrected chi connectivity index (χ3v) is 4.47. The molecule has 0 saturated carbocycles. The molecule has 4 nitrogen and oxygen atoms in total. The highest BCUT2D eigenvalue weighted by atomic mass is 32.2. The third-order valence-electron chi connectivity index (χ3n) is 3.88. The van der Waals surface area contributed by atoms with Crippen LogP contribution in [0.15, 0.2) is 66.8 Å². The Morgan fingerprint density at radius 3 is 2.67 bits per heavy atom. The summed E-state index contributed by atoms with van der Waals surface area (Å²) in [4.78, 5) is 4.26. The van der Waals surface area contributed by atoms with Crippen LogP contribution in [0.5, 0.6) is 0 Å². The molecular weight excluding hydrogens is 322 g/mol. The number of fused-ring (bicyclic) bond motifs is 1. The van der Waals surface area contributed by atoms with Crippen LogP contribution in [-0.4, -0.2) is 26.3 Å². The Bertz CT molecular complexity index is 974. The summed E-state index contributed by atoms with van der Waals surface area (Å²) in [5, 5.41) is 0.898. The van der Waals surface area contributed by atoms with Crippen LogP contribution in [0.3, 0.4) is 0 Å². The minimum Gasteiger partial charge on any atom is -0.270 e. The van der Waals surface area contributed by atoms with Crippen LogP contribution in [-0.2, 0) is 14.3 Å². The summed E-state index contributed by atoms with van der Waals surface area (Å²) in [7, 11) is -3.46. The van der Waals surface area contributed by atoms with E-state index in [0.717, 1.165) is 28.3 Å². The number of nitrogens with zero attached hydrogens (tertiary/aromatic N) is 1. The van der Waals surface area contributed by atoms with E-state index in [9.17, 15) is 8.42 Å². The van der Waals surface area contributed by atoms with Crippen molar-refractivity contribution in [2.45, 2.75) is 12.3 Å². The fraction of sp³-hybridized carbons (Fsp3) is 0.211. The summed E-state index contributed by atoms with van der Waals surface area (Å²) >= 11 is 0. The molecule has 1 unspecified atom stereocenters. The number of pyridine rings is 1. The Hall–Kier alpha value is -2.24. The molecular formula is C19H19NO3S. The average molecular weight is 342 g/mol. The largest absolute Gasteiger partial charge is 0.270 e. The van der Waals surface area contributed by atoms with Gasteiger partial charge in [-0.05, 0) is 35.7 Å². The molecule has 1 atom stereocenters. The van der Waals surface area contributed by atoms with Crippen LogP contribution in [0.4, 0.5) is 0 Å². The van der Waals surface area contributed by atoms with Gasteiger partial charge in [-0.1, -0.05) is 42.5 Å². The van der Waals surface area contributed by atoms with Crippen LogP contribution < -0.4 is 0 Å². The highest BCUT2D eigenvalue weighted by Crippen LogP contribution is 2.30. The van der Waals surface area contributed by atoms with Gasteiger partial charge in [-0.2, -0.15) is 8.42 Å². The van der Waals surface area contributed by atoms with Gasteiger partial charge in [0.05, 0.1) is 19.8 Å². The Labute approximate surface area is 143 Å². The average Bonchev–Trinajstić information content (AvgIpc) is 2.58. The fourth-order valence-corrected chi connectivity index (χ4v) is 3.18. The summed E-state index contributed by atoms with van der Waals surface area (Å²) in [5.74, 6) is 0.00161. The summed E-state index contributed by atoms with van der Waals surface area (Å²) in [6.07, 6.45) is 3.12. The molecule has 1 heterocycles. The van der Waals surface area contributed by atoms with E-state index in [2.05, 4.69) is 4.98 Å². The SMILES string of the molecule is [2H]c1cnc2ccc(C(CCOS(C)(=O)=O)c3ccccc3)cc2c1. The van der Waals surface area contributed by atoms with Crippen molar-refractivity contribution < 1.29 is 14.0 Å². The first-order valence-electron chi connectivity index (χ1n) is 8.18. The van der Waals surface area contributed by atoms with Crippen molar-refractivity contribution >= 4 is 21.0 Å². The van der Waals surface area contributed by atoms with Crippen molar-refractivity contribution in [3.05, 3.63) is 78.0 Å². The monoisotopic (exact) mass is 342 g/mol. The Kier molecular flexibility index (Phi) is 4.53. The minimum absolute atomic E-state index is 0.00161. The zero-order chi connectivity index (χ0) is 17.9. The van der Waals surface area contributed by atoms with Crippen molar-refractivity contribution in [2.24, 2.45) is 0 Å². The highest BCUT2D eigenvalue weighted by molar-refractivity contribution is 7.85. The topological polar surface area (TPSA) is 56.3 Å². The molecule has 0 aliphatic carbocycles. The molecule has 0 aliphatic heterocycles. The van der Waals surface area contributed by atoms with Gasteiger partial charge in [0.1, 0.15) is 0 Å². The number of hydrogen-bond donors (Lipinski definition) is 0. The second-order valence-electron chi connectivity index (χ2n) is 5.67. The maximum atomic E-state index is 11.2. The number of hydrogen-bond acceptors (Lipinski definition) is 4. The zero-order valence-corrected chi connectivity index (χ0v) is 14.2. The van der Waals surface area contributed by atoms with Crippen LogP contribution in [0.1, 0.15) is 24.8 Å². The normalized spacial score (nSPS) is 13.6. The Morgan fingerprint density at radius 2 is 1.92 bits per heavy atom. The van der Waals surface area contributed by atoms with Gasteiger partial charge in [-0.15, -0.1) is 0 Å². The Morgan fingerprint density at radius 1 is 1.12 bits per heavy atom. The van der Waals surface area contributed by atoms with Gasteiger partial charge in [-0.3, -0.25) is 9.17 Å². The molecule has 124 valence electrons. The summed E-state index contributed by atoms with van der Waals surface area (Å²) < 4.78 is 35.2. The van der Waals surface area contributed by atoms with Gasteiger partial charge in [0.15, 0.2) is 0 Å². The van der Waals surface area contributed by atoms with Gasteiger partial charge in [0, 0.05) is 17.5 Å². The van der Waals surface area contributed by atoms with E-state index in [4.69, 9.17) is 5.55 Å². The molecule has 2 aromatic carbocycles. The van der Waals surface area contributed by atoms with E-state index in [1.54, 1.807) is 6.07 Å². The van der Waals surface area contributed by atoms with Crippen LogP contribution >= 0.6 is 0 Å². The first-order chi connectivity index (χ1) is 11.9. The fourth-order valence-electron chi connectivity index (χ4n) is 2.79. The second kappa shape index (κ2) is 7.11. The van der Waals surface area contributed by atoms with Crippen LogP contribution in [0.25, 0.3) is 10.9 Å². The van der Waals surface area contributed by atoms with E-state index < -0.39 is 10.1 Å². The maximum absolute atomic E-state index is 11.2. The lowest BCUT2D eigenvalue weighted by Gasteiger charge is -2.18. The van der Waals surface area contributed by atoms with E-state index >= 15 is 0 Å². The number of aromatic nitrogens is 1. The molecule has 1 aromatic heterocycles. The molecule has 5 heteroatoms. The lowest BCUT2D eigenvalue weighted by molar-refractivity contribution is 0.309. The van der Waals surface area contributed by atoms with Crippen molar-refractivity contribution in [1.82, 2.24) is 4.98 Å². The van der Waals surface area contributed by atoms with Gasteiger partial charge >= 0.3 is 0 Å². The van der Waals surface area contributed by atoms with Crippen LogP contribution in [0.2, 0.25) is 0 Å².